The zero-order valence-electron chi connectivity index (χ0n) is 14.4. The van der Waals surface area contributed by atoms with Gasteiger partial charge >= 0.3 is 0 Å². The highest BCUT2D eigenvalue weighted by atomic mass is 16.7. The molecule has 0 atom stereocenters. The van der Waals surface area contributed by atoms with E-state index in [1.807, 2.05) is 18.2 Å². The molecule has 116 valence electrons. The molecule has 1 aliphatic rings. The van der Waals surface area contributed by atoms with Crippen molar-refractivity contribution < 1.29 is 9.31 Å². The molecule has 0 amide bonds. The van der Waals surface area contributed by atoms with E-state index >= 15 is 0 Å². The molecule has 1 aromatic carbocycles. The normalized spacial score (nSPS) is 23.6. The van der Waals surface area contributed by atoms with Crippen molar-refractivity contribution in [3.8, 4) is 0 Å². The summed E-state index contributed by atoms with van der Waals surface area (Å²) in [4.78, 5) is 0. The van der Waals surface area contributed by atoms with Gasteiger partial charge in [0.15, 0.2) is 0 Å². The van der Waals surface area contributed by atoms with Gasteiger partial charge in [0, 0.05) is 11.2 Å². The van der Waals surface area contributed by atoms with Crippen LogP contribution in [0.3, 0.4) is 0 Å². The van der Waals surface area contributed by atoms with E-state index in [1.165, 1.54) is 0 Å². The van der Waals surface area contributed by atoms with Crippen molar-refractivity contribution in [2.24, 2.45) is 0 Å². The van der Waals surface area contributed by atoms with Crippen LogP contribution in [-0.2, 0) is 9.31 Å². The molecule has 0 aromatic heterocycles. The second kappa shape index (κ2) is 5.00. The maximum atomic E-state index is 6.49. The summed E-state index contributed by atoms with van der Waals surface area (Å²) in [5, 5.41) is -0.101. The predicted molar refractivity (Wildman–Crippen MR) is 91.3 cm³/mol. The third kappa shape index (κ3) is 2.95. The molecule has 1 aromatic rings. The first-order chi connectivity index (χ1) is 9.49. The van der Waals surface area contributed by atoms with Crippen molar-refractivity contribution in [3.05, 3.63) is 41.9 Å². The van der Waals surface area contributed by atoms with Crippen LogP contribution in [0, 0.1) is 0 Å². The molecule has 2 rings (SSSR count). The Bertz CT molecular complexity index is 508. The van der Waals surface area contributed by atoms with Crippen LogP contribution in [0.15, 0.2) is 36.3 Å². The molecule has 3 heteroatoms. The van der Waals surface area contributed by atoms with E-state index in [2.05, 4.69) is 72.7 Å². The molecule has 1 heterocycles. The van der Waals surface area contributed by atoms with Gasteiger partial charge in [0.05, 0.1) is 0 Å². The van der Waals surface area contributed by atoms with Crippen LogP contribution in [0.1, 0.15) is 54.0 Å². The molecule has 21 heavy (non-hydrogen) atoms. The first kappa shape index (κ1) is 16.3. The SMILES string of the molecule is CC(C)(C)[B-]1(/C=C/c2ccccc2)OC(C)(C)C(C)(C)O1. The Balaban J connectivity index is 2.40. The zero-order chi connectivity index (χ0) is 15.9. The van der Waals surface area contributed by atoms with E-state index in [1.54, 1.807) is 0 Å². The van der Waals surface area contributed by atoms with Crippen LogP contribution in [0.4, 0.5) is 0 Å². The maximum Gasteiger partial charge on any atom is 0.268 e. The molecular formula is C18H28BO2-. The van der Waals surface area contributed by atoms with Gasteiger partial charge in [-0.1, -0.05) is 57.2 Å². The van der Waals surface area contributed by atoms with Crippen molar-refractivity contribution >= 4 is 12.6 Å². The van der Waals surface area contributed by atoms with Gasteiger partial charge in [0.25, 0.3) is 6.55 Å². The lowest BCUT2D eigenvalue weighted by atomic mass is 9.39. The van der Waals surface area contributed by atoms with Crippen LogP contribution >= 0.6 is 0 Å². The van der Waals surface area contributed by atoms with E-state index in [0.29, 0.717) is 0 Å². The number of hydrogen-bond acceptors (Lipinski definition) is 2. The summed E-state index contributed by atoms with van der Waals surface area (Å²) in [6, 6.07) is 10.3. The molecule has 0 unspecified atom stereocenters. The topological polar surface area (TPSA) is 18.5 Å². The molecular weight excluding hydrogens is 259 g/mol. The van der Waals surface area contributed by atoms with Gasteiger partial charge in [-0.15, -0.1) is 5.31 Å². The number of benzene rings is 1. The standard InChI is InChI=1S/C18H28BO2/c1-16(2,3)19(14-13-15-11-9-8-10-12-15)20-17(4,5)18(6,7)21-19/h8-14H,1-7H3/q-1/b14-13+. The van der Waals surface area contributed by atoms with Gasteiger partial charge in [-0.3, -0.25) is 0 Å². The summed E-state index contributed by atoms with van der Waals surface area (Å²) < 4.78 is 13.0. The fourth-order valence-electron chi connectivity index (χ4n) is 2.71. The van der Waals surface area contributed by atoms with Gasteiger partial charge < -0.3 is 9.31 Å². The highest BCUT2D eigenvalue weighted by molar-refractivity contribution is 6.76. The van der Waals surface area contributed by atoms with Crippen LogP contribution in [-0.4, -0.2) is 17.8 Å². The summed E-state index contributed by atoms with van der Waals surface area (Å²) in [6.45, 7) is 13.5. The first-order valence-electron chi connectivity index (χ1n) is 7.78. The maximum absolute atomic E-state index is 6.49. The summed E-state index contributed by atoms with van der Waals surface area (Å²) in [6.07, 6.45) is 2.11. The minimum Gasteiger partial charge on any atom is -0.558 e. The van der Waals surface area contributed by atoms with Gasteiger partial charge in [-0.05, 0) is 33.3 Å². The van der Waals surface area contributed by atoms with Crippen molar-refractivity contribution in [2.45, 2.75) is 65.0 Å². The fourth-order valence-corrected chi connectivity index (χ4v) is 2.71. The van der Waals surface area contributed by atoms with E-state index < -0.39 is 6.55 Å². The monoisotopic (exact) mass is 287 g/mol. The van der Waals surface area contributed by atoms with Crippen molar-refractivity contribution in [3.63, 3.8) is 0 Å². The largest absolute Gasteiger partial charge is 0.558 e. The molecule has 1 fully saturated rings. The van der Waals surface area contributed by atoms with Crippen LogP contribution < -0.4 is 0 Å². The van der Waals surface area contributed by atoms with Crippen LogP contribution in [0.2, 0.25) is 5.31 Å². The Morgan fingerprint density at radius 2 is 1.38 bits per heavy atom. The number of rotatable bonds is 2. The second-order valence-electron chi connectivity index (χ2n) is 8.16. The summed E-state index contributed by atoms with van der Waals surface area (Å²) in [5.74, 6) is 2.13. The van der Waals surface area contributed by atoms with Crippen molar-refractivity contribution in [2.75, 3.05) is 0 Å². The lowest BCUT2D eigenvalue weighted by molar-refractivity contribution is 0.00578. The molecule has 2 nitrogen and oxygen atoms in total. The Hall–Kier alpha value is -1.06. The van der Waals surface area contributed by atoms with E-state index in [0.717, 1.165) is 5.56 Å². The second-order valence-corrected chi connectivity index (χ2v) is 8.16. The average molecular weight is 287 g/mol. The lowest BCUT2D eigenvalue weighted by Gasteiger charge is -2.46. The quantitative estimate of drug-likeness (QED) is 0.706. The molecule has 0 saturated carbocycles. The van der Waals surface area contributed by atoms with E-state index in [4.69, 9.17) is 9.31 Å². The number of hydrogen-bond donors (Lipinski definition) is 0. The third-order valence-electron chi connectivity index (χ3n) is 4.94. The zero-order valence-corrected chi connectivity index (χ0v) is 14.4. The van der Waals surface area contributed by atoms with Gasteiger partial charge in [0.2, 0.25) is 0 Å². The first-order valence-corrected chi connectivity index (χ1v) is 7.78. The third-order valence-corrected chi connectivity index (χ3v) is 4.94. The predicted octanol–water partition coefficient (Wildman–Crippen LogP) is 5.09. The molecule has 0 N–H and O–H groups in total. The van der Waals surface area contributed by atoms with Crippen molar-refractivity contribution in [1.82, 2.24) is 0 Å². The minimum absolute atomic E-state index is 0.101. The Morgan fingerprint density at radius 1 is 0.905 bits per heavy atom. The van der Waals surface area contributed by atoms with Crippen molar-refractivity contribution in [1.29, 1.82) is 0 Å². The molecule has 0 spiro atoms. The van der Waals surface area contributed by atoms with Gasteiger partial charge in [-0.2, -0.15) is 5.98 Å². The molecule has 0 bridgehead atoms. The Morgan fingerprint density at radius 3 is 1.81 bits per heavy atom. The van der Waals surface area contributed by atoms with E-state index in [9.17, 15) is 0 Å². The Labute approximate surface area is 129 Å². The molecule has 1 aliphatic heterocycles. The summed E-state index contributed by atoms with van der Waals surface area (Å²) >= 11 is 0. The lowest BCUT2D eigenvalue weighted by Crippen LogP contribution is -2.46. The molecule has 0 radical (unpaired) electrons. The summed E-state index contributed by atoms with van der Waals surface area (Å²) in [5.41, 5.74) is 0.528. The fraction of sp³-hybridized carbons (Fsp3) is 0.556. The summed E-state index contributed by atoms with van der Waals surface area (Å²) in [7, 11) is 0. The Kier molecular flexibility index (Phi) is 3.88. The van der Waals surface area contributed by atoms with Crippen LogP contribution in [0.5, 0.6) is 0 Å². The molecule has 1 saturated heterocycles. The average Bonchev–Trinajstić information content (AvgIpc) is 2.54. The highest BCUT2D eigenvalue weighted by Crippen LogP contribution is 2.51. The minimum atomic E-state index is -1.51. The smallest absolute Gasteiger partial charge is 0.268 e. The van der Waals surface area contributed by atoms with Gasteiger partial charge in [-0.25, -0.2) is 0 Å². The molecule has 0 aliphatic carbocycles. The van der Waals surface area contributed by atoms with E-state index in [-0.39, 0.29) is 16.5 Å². The highest BCUT2D eigenvalue weighted by Gasteiger charge is 2.54. The van der Waals surface area contributed by atoms with Gasteiger partial charge in [0.1, 0.15) is 0 Å². The van der Waals surface area contributed by atoms with Crippen LogP contribution in [0.25, 0.3) is 6.08 Å².